The lowest BCUT2D eigenvalue weighted by molar-refractivity contribution is 0.316. The Morgan fingerprint density at radius 3 is 2.79 bits per heavy atom. The highest BCUT2D eigenvalue weighted by molar-refractivity contribution is 14.0. The van der Waals surface area contributed by atoms with Crippen LogP contribution in [0.15, 0.2) is 17.4 Å². The van der Waals surface area contributed by atoms with Crippen LogP contribution in [0.2, 0.25) is 0 Å². The smallest absolute Gasteiger partial charge is 0.193 e. The van der Waals surface area contributed by atoms with Gasteiger partial charge in [-0.2, -0.15) is 5.10 Å². The average Bonchev–Trinajstić information content (AvgIpc) is 3.25. The van der Waals surface area contributed by atoms with Gasteiger partial charge in [0.25, 0.3) is 0 Å². The van der Waals surface area contributed by atoms with Gasteiger partial charge in [-0.15, -0.1) is 24.0 Å². The quantitative estimate of drug-likeness (QED) is 0.436. The highest BCUT2D eigenvalue weighted by atomic mass is 127. The molecule has 136 valence electrons. The summed E-state index contributed by atoms with van der Waals surface area (Å²) in [6, 6.07) is 0.611. The van der Waals surface area contributed by atoms with Gasteiger partial charge in [0.2, 0.25) is 0 Å². The largest absolute Gasteiger partial charge is 0.357 e. The second-order valence-corrected chi connectivity index (χ2v) is 6.85. The molecule has 1 N–H and O–H groups in total. The van der Waals surface area contributed by atoms with Crippen molar-refractivity contribution in [3.63, 3.8) is 0 Å². The summed E-state index contributed by atoms with van der Waals surface area (Å²) >= 11 is 0. The van der Waals surface area contributed by atoms with E-state index in [1.807, 2.05) is 17.9 Å². The van der Waals surface area contributed by atoms with Crippen molar-refractivity contribution in [2.24, 2.45) is 12.0 Å². The number of hydrogen-bond acceptors (Lipinski definition) is 3. The first-order valence-corrected chi connectivity index (χ1v) is 8.89. The molecule has 0 saturated carbocycles. The molecule has 2 aliphatic heterocycles. The van der Waals surface area contributed by atoms with Crippen LogP contribution in [-0.4, -0.2) is 71.4 Å². The standard InChI is InChI=1S/C17H30N6.HI/c1-4-18-17(19-11-16-6-5-8-21(16)2)23-9-7-14(13-23)15-10-20-22(3)12-15;/h10,12,14,16H,4-9,11,13H2,1-3H3,(H,18,19);1H. The van der Waals surface area contributed by atoms with Gasteiger partial charge in [-0.1, -0.05) is 0 Å². The van der Waals surface area contributed by atoms with Gasteiger partial charge in [0.05, 0.1) is 12.7 Å². The minimum absolute atomic E-state index is 0. The minimum atomic E-state index is 0. The predicted octanol–water partition coefficient (Wildman–Crippen LogP) is 1.89. The number of nitrogens with one attached hydrogen (secondary N) is 1. The Morgan fingerprint density at radius 1 is 1.33 bits per heavy atom. The number of hydrogen-bond donors (Lipinski definition) is 1. The van der Waals surface area contributed by atoms with E-state index in [9.17, 15) is 0 Å². The Hall–Kier alpha value is -0.830. The number of likely N-dealkylation sites (N-methyl/N-ethyl adjacent to an activating group) is 1. The van der Waals surface area contributed by atoms with Crippen LogP contribution >= 0.6 is 24.0 Å². The van der Waals surface area contributed by atoms with Gasteiger partial charge in [-0.05, 0) is 45.3 Å². The predicted molar refractivity (Wildman–Crippen MR) is 109 cm³/mol. The first kappa shape index (κ1) is 19.5. The van der Waals surface area contributed by atoms with E-state index in [0.29, 0.717) is 12.0 Å². The summed E-state index contributed by atoms with van der Waals surface area (Å²) in [4.78, 5) is 9.78. The van der Waals surface area contributed by atoms with Crippen LogP contribution in [0, 0.1) is 0 Å². The van der Waals surface area contributed by atoms with E-state index in [2.05, 4.69) is 40.4 Å². The molecular weight excluding hydrogens is 415 g/mol. The summed E-state index contributed by atoms with van der Waals surface area (Å²) in [7, 11) is 4.20. The Kier molecular flexibility index (Phi) is 7.34. The van der Waals surface area contributed by atoms with E-state index in [0.717, 1.165) is 32.1 Å². The molecule has 24 heavy (non-hydrogen) atoms. The molecule has 0 amide bonds. The van der Waals surface area contributed by atoms with Crippen LogP contribution in [0.1, 0.15) is 37.7 Å². The zero-order chi connectivity index (χ0) is 16.2. The Labute approximate surface area is 162 Å². The first-order valence-electron chi connectivity index (χ1n) is 8.89. The van der Waals surface area contributed by atoms with Gasteiger partial charge in [-0.25, -0.2) is 0 Å². The second-order valence-electron chi connectivity index (χ2n) is 6.85. The van der Waals surface area contributed by atoms with E-state index in [1.54, 1.807) is 0 Å². The summed E-state index contributed by atoms with van der Waals surface area (Å²) in [6.07, 6.45) is 7.91. The Balaban J connectivity index is 0.00000208. The molecule has 3 rings (SSSR count). The number of guanidine groups is 1. The van der Waals surface area contributed by atoms with E-state index >= 15 is 0 Å². The van der Waals surface area contributed by atoms with Gasteiger partial charge in [0, 0.05) is 44.8 Å². The van der Waals surface area contributed by atoms with Crippen LogP contribution in [-0.2, 0) is 7.05 Å². The minimum Gasteiger partial charge on any atom is -0.357 e. The van der Waals surface area contributed by atoms with Gasteiger partial charge in [0.1, 0.15) is 0 Å². The number of rotatable bonds is 4. The highest BCUT2D eigenvalue weighted by Crippen LogP contribution is 2.26. The van der Waals surface area contributed by atoms with Crippen LogP contribution in [0.3, 0.4) is 0 Å². The van der Waals surface area contributed by atoms with Crippen molar-refractivity contribution in [3.05, 3.63) is 18.0 Å². The molecule has 0 bridgehead atoms. The number of likely N-dealkylation sites (tertiary alicyclic amines) is 2. The molecule has 2 saturated heterocycles. The van der Waals surface area contributed by atoms with Crippen molar-refractivity contribution in [1.29, 1.82) is 0 Å². The molecule has 1 aromatic rings. The molecular formula is C17H31IN6. The lowest BCUT2D eigenvalue weighted by Gasteiger charge is -2.23. The summed E-state index contributed by atoms with van der Waals surface area (Å²) in [5, 5.41) is 7.79. The van der Waals surface area contributed by atoms with Crippen LogP contribution in [0.25, 0.3) is 0 Å². The lowest BCUT2D eigenvalue weighted by Crippen LogP contribution is -2.41. The maximum absolute atomic E-state index is 4.93. The summed E-state index contributed by atoms with van der Waals surface area (Å²) < 4.78 is 1.90. The molecule has 1 aromatic heterocycles. The molecule has 6 nitrogen and oxygen atoms in total. The molecule has 2 unspecified atom stereocenters. The number of aliphatic imine (C=N–C) groups is 1. The zero-order valence-electron chi connectivity index (χ0n) is 15.1. The molecule has 2 fully saturated rings. The molecule has 0 spiro atoms. The number of aryl methyl sites for hydroxylation is 1. The van der Waals surface area contributed by atoms with E-state index in [1.165, 1.54) is 31.4 Å². The third kappa shape index (κ3) is 4.62. The topological polar surface area (TPSA) is 48.7 Å². The van der Waals surface area contributed by atoms with Gasteiger partial charge in [-0.3, -0.25) is 9.67 Å². The van der Waals surface area contributed by atoms with Crippen molar-refractivity contribution in [2.75, 3.05) is 39.8 Å². The van der Waals surface area contributed by atoms with Crippen molar-refractivity contribution < 1.29 is 0 Å². The van der Waals surface area contributed by atoms with Crippen molar-refractivity contribution >= 4 is 29.9 Å². The van der Waals surface area contributed by atoms with Crippen molar-refractivity contribution in [2.45, 2.75) is 38.1 Å². The van der Waals surface area contributed by atoms with Crippen molar-refractivity contribution in [1.82, 2.24) is 24.9 Å². The Morgan fingerprint density at radius 2 is 2.17 bits per heavy atom. The first-order chi connectivity index (χ1) is 11.2. The molecule has 2 aliphatic rings. The number of nitrogens with zero attached hydrogens (tertiary/aromatic N) is 5. The highest BCUT2D eigenvalue weighted by Gasteiger charge is 2.27. The van der Waals surface area contributed by atoms with Crippen molar-refractivity contribution in [3.8, 4) is 0 Å². The summed E-state index contributed by atoms with van der Waals surface area (Å²) in [6.45, 7) is 7.31. The molecule has 3 heterocycles. The monoisotopic (exact) mass is 446 g/mol. The fourth-order valence-electron chi connectivity index (χ4n) is 3.70. The third-order valence-corrected chi connectivity index (χ3v) is 5.14. The second kappa shape index (κ2) is 9.03. The van der Waals surface area contributed by atoms with Crippen LogP contribution < -0.4 is 5.32 Å². The number of aromatic nitrogens is 2. The van der Waals surface area contributed by atoms with E-state index < -0.39 is 0 Å². The molecule has 0 aliphatic carbocycles. The van der Waals surface area contributed by atoms with Crippen LogP contribution in [0.4, 0.5) is 0 Å². The van der Waals surface area contributed by atoms with E-state index in [4.69, 9.17) is 4.99 Å². The summed E-state index contributed by atoms with van der Waals surface area (Å²) in [5.41, 5.74) is 1.35. The molecule has 2 atom stereocenters. The van der Waals surface area contributed by atoms with E-state index in [-0.39, 0.29) is 24.0 Å². The SMILES string of the molecule is CCNC(=NCC1CCCN1C)N1CCC(c2cnn(C)c2)C1.I. The molecule has 7 heteroatoms. The lowest BCUT2D eigenvalue weighted by atomic mass is 10.0. The maximum atomic E-state index is 4.93. The third-order valence-electron chi connectivity index (χ3n) is 5.14. The average molecular weight is 446 g/mol. The molecule has 0 radical (unpaired) electrons. The fourth-order valence-corrected chi connectivity index (χ4v) is 3.70. The number of halogens is 1. The van der Waals surface area contributed by atoms with Gasteiger partial charge in [0.15, 0.2) is 5.96 Å². The summed E-state index contributed by atoms with van der Waals surface area (Å²) in [5.74, 6) is 1.65. The van der Waals surface area contributed by atoms with Crippen LogP contribution in [0.5, 0.6) is 0 Å². The normalized spacial score (nSPS) is 25.1. The molecule has 0 aromatic carbocycles. The van der Waals surface area contributed by atoms with Gasteiger partial charge >= 0.3 is 0 Å². The maximum Gasteiger partial charge on any atom is 0.193 e. The fraction of sp³-hybridized carbons (Fsp3) is 0.765. The van der Waals surface area contributed by atoms with Gasteiger partial charge < -0.3 is 15.1 Å². The zero-order valence-corrected chi connectivity index (χ0v) is 17.4. The Bertz CT molecular complexity index is 543.